The zero-order chi connectivity index (χ0) is 25.0. The molecule has 0 spiro atoms. The number of aromatic nitrogens is 5. The minimum absolute atomic E-state index is 0.225. The number of aryl methyl sites for hydroxylation is 3. The monoisotopic (exact) mass is 481 g/mol. The molecule has 0 radical (unpaired) electrons. The van der Waals surface area contributed by atoms with Crippen LogP contribution in [0.2, 0.25) is 0 Å². The fraction of sp³-hybridized carbons (Fsp3) is 0.346. The molecular weight excluding hydrogens is 455 g/mol. The molecule has 0 bridgehead atoms. The zero-order valence-electron chi connectivity index (χ0n) is 19.8. The van der Waals surface area contributed by atoms with Crippen molar-refractivity contribution >= 4 is 11.0 Å². The number of pyridine rings is 3. The highest BCUT2D eigenvalue weighted by atomic mass is 19.4. The number of hydrogen-bond acceptors (Lipinski definition) is 6. The molecule has 6 nitrogen and oxygen atoms in total. The van der Waals surface area contributed by atoms with Gasteiger partial charge in [0.15, 0.2) is 0 Å². The van der Waals surface area contributed by atoms with Crippen molar-refractivity contribution < 1.29 is 17.9 Å². The summed E-state index contributed by atoms with van der Waals surface area (Å²) in [5.41, 5.74) is 4.84. The van der Waals surface area contributed by atoms with Gasteiger partial charge in [-0.2, -0.15) is 13.2 Å². The van der Waals surface area contributed by atoms with Crippen LogP contribution >= 0.6 is 0 Å². The number of alkyl halides is 3. The molecule has 1 aliphatic heterocycles. The van der Waals surface area contributed by atoms with Crippen LogP contribution in [0.3, 0.4) is 0 Å². The Bertz CT molecular complexity index is 1290. The van der Waals surface area contributed by atoms with Gasteiger partial charge < -0.3 is 4.74 Å². The lowest BCUT2D eigenvalue weighted by molar-refractivity contribution is -0.141. The van der Waals surface area contributed by atoms with Gasteiger partial charge in [0.2, 0.25) is 0 Å². The summed E-state index contributed by atoms with van der Waals surface area (Å²) in [5, 5.41) is 0. The lowest BCUT2D eigenvalue weighted by atomic mass is 9.95. The number of hydrogen-bond donors (Lipinski definition) is 0. The van der Waals surface area contributed by atoms with Crippen molar-refractivity contribution in [1.82, 2.24) is 24.9 Å². The number of fused-ring (bicyclic) bond motifs is 1. The van der Waals surface area contributed by atoms with Gasteiger partial charge >= 0.3 is 6.18 Å². The van der Waals surface area contributed by atoms with E-state index in [0.29, 0.717) is 35.5 Å². The first-order valence-corrected chi connectivity index (χ1v) is 11.4. The molecule has 0 saturated carbocycles. The molecule has 1 saturated heterocycles. The minimum Gasteiger partial charge on any atom is -0.381 e. The van der Waals surface area contributed by atoms with Gasteiger partial charge in [-0.25, -0.2) is 9.97 Å². The summed E-state index contributed by atoms with van der Waals surface area (Å²) in [4.78, 5) is 21.6. The fourth-order valence-electron chi connectivity index (χ4n) is 3.80. The van der Waals surface area contributed by atoms with E-state index in [1.165, 1.54) is 12.3 Å². The summed E-state index contributed by atoms with van der Waals surface area (Å²) >= 11 is 0. The van der Waals surface area contributed by atoms with E-state index < -0.39 is 11.9 Å². The first-order chi connectivity index (χ1) is 16.7. The molecule has 0 unspecified atom stereocenters. The lowest BCUT2D eigenvalue weighted by Gasteiger charge is -2.22. The van der Waals surface area contributed by atoms with Crippen LogP contribution in [0, 0.1) is 20.8 Å². The van der Waals surface area contributed by atoms with E-state index in [-0.39, 0.29) is 5.92 Å². The Kier molecular flexibility index (Phi) is 7.35. The maximum absolute atomic E-state index is 12.9. The maximum Gasteiger partial charge on any atom is 0.433 e. The van der Waals surface area contributed by atoms with Crippen LogP contribution in [0.1, 0.15) is 47.2 Å². The Hall–Kier alpha value is -3.46. The summed E-state index contributed by atoms with van der Waals surface area (Å²) < 4.78 is 44.0. The van der Waals surface area contributed by atoms with Gasteiger partial charge in [0.1, 0.15) is 11.2 Å². The number of nitrogens with zero attached hydrogens (tertiary/aromatic N) is 5. The van der Waals surface area contributed by atoms with Gasteiger partial charge in [-0.05, 0) is 63.9 Å². The van der Waals surface area contributed by atoms with E-state index in [1.54, 1.807) is 6.20 Å². The summed E-state index contributed by atoms with van der Waals surface area (Å²) in [7, 11) is 0. The first-order valence-electron chi connectivity index (χ1n) is 11.4. The molecule has 4 aromatic rings. The Balaban J connectivity index is 0.000000356. The molecule has 1 fully saturated rings. The molecule has 0 aromatic carbocycles. The molecule has 0 amide bonds. The van der Waals surface area contributed by atoms with Gasteiger partial charge in [0.05, 0.1) is 22.6 Å². The normalized spacial score (nSPS) is 14.5. The van der Waals surface area contributed by atoms with Crippen molar-refractivity contribution in [3.05, 3.63) is 77.3 Å². The molecule has 1 aliphatic rings. The molecule has 0 N–H and O–H groups in total. The van der Waals surface area contributed by atoms with Crippen LogP contribution < -0.4 is 0 Å². The maximum atomic E-state index is 12.9. The Labute approximate surface area is 201 Å². The van der Waals surface area contributed by atoms with Crippen molar-refractivity contribution in [1.29, 1.82) is 0 Å². The predicted octanol–water partition coefficient (Wildman–Crippen LogP) is 6.01. The number of ether oxygens (including phenoxy) is 1. The highest BCUT2D eigenvalue weighted by molar-refractivity contribution is 5.89. The molecule has 5 heterocycles. The van der Waals surface area contributed by atoms with Gasteiger partial charge in [-0.3, -0.25) is 15.0 Å². The summed E-state index contributed by atoms with van der Waals surface area (Å²) in [6.45, 7) is 7.04. The second-order valence-electron chi connectivity index (χ2n) is 8.45. The quantitative estimate of drug-likeness (QED) is 0.349. The van der Waals surface area contributed by atoms with E-state index in [9.17, 15) is 13.2 Å². The molecule has 35 heavy (non-hydrogen) atoms. The Morgan fingerprint density at radius 1 is 0.886 bits per heavy atom. The first kappa shape index (κ1) is 24.7. The van der Waals surface area contributed by atoms with Crippen molar-refractivity contribution in [3.8, 4) is 11.3 Å². The topological polar surface area (TPSA) is 73.7 Å². The van der Waals surface area contributed by atoms with E-state index >= 15 is 0 Å². The van der Waals surface area contributed by atoms with Crippen LogP contribution in [-0.4, -0.2) is 38.1 Å². The molecule has 5 rings (SSSR count). The lowest BCUT2D eigenvalue weighted by Crippen LogP contribution is -2.15. The van der Waals surface area contributed by atoms with Gasteiger partial charge in [0, 0.05) is 48.5 Å². The minimum atomic E-state index is -4.48. The molecule has 4 aromatic heterocycles. The van der Waals surface area contributed by atoms with Gasteiger partial charge in [-0.15, -0.1) is 0 Å². The molecular formula is C26H26F3N5O. The summed E-state index contributed by atoms with van der Waals surface area (Å²) in [6.07, 6.45) is 0.207. The van der Waals surface area contributed by atoms with E-state index in [2.05, 4.69) is 19.9 Å². The molecule has 0 aliphatic carbocycles. The Morgan fingerprint density at radius 3 is 2.20 bits per heavy atom. The second-order valence-corrected chi connectivity index (χ2v) is 8.45. The molecule has 182 valence electrons. The van der Waals surface area contributed by atoms with E-state index in [4.69, 9.17) is 9.72 Å². The Morgan fingerprint density at radius 2 is 1.63 bits per heavy atom. The molecule has 0 atom stereocenters. The third-order valence-electron chi connectivity index (χ3n) is 5.86. The number of rotatable bonds is 2. The summed E-state index contributed by atoms with van der Waals surface area (Å²) in [5.74, 6) is 0.225. The predicted molar refractivity (Wildman–Crippen MR) is 127 cm³/mol. The molecule has 9 heteroatoms. The fourth-order valence-corrected chi connectivity index (χ4v) is 3.80. The van der Waals surface area contributed by atoms with Gasteiger partial charge in [-0.1, -0.05) is 6.07 Å². The highest BCUT2D eigenvalue weighted by Gasteiger charge is 2.32. The highest BCUT2D eigenvalue weighted by Crippen LogP contribution is 2.33. The zero-order valence-corrected chi connectivity index (χ0v) is 19.8. The van der Waals surface area contributed by atoms with E-state index in [1.807, 2.05) is 45.0 Å². The standard InChI is InChI=1S/C20H19F3N4O.C6H7N/c1-11-12(2)26-19-16(25-11)9-15(13-5-7-28-8-6-13)27-18(19)14-3-4-17(24-10-14)20(21,22)23;1-6-4-2-3-5-7-6/h3-4,9-10,13H,5-8H2,1-2H3;2-5H,1H3. The van der Waals surface area contributed by atoms with Gasteiger partial charge in [0.25, 0.3) is 0 Å². The number of halogens is 3. The van der Waals surface area contributed by atoms with E-state index in [0.717, 1.165) is 41.7 Å². The summed E-state index contributed by atoms with van der Waals surface area (Å²) in [6, 6.07) is 10.2. The smallest absolute Gasteiger partial charge is 0.381 e. The van der Waals surface area contributed by atoms with Crippen LogP contribution in [0.25, 0.3) is 22.3 Å². The average Bonchev–Trinajstić information content (AvgIpc) is 2.85. The van der Waals surface area contributed by atoms with Crippen LogP contribution in [0.5, 0.6) is 0 Å². The van der Waals surface area contributed by atoms with Crippen molar-refractivity contribution in [3.63, 3.8) is 0 Å². The van der Waals surface area contributed by atoms with Crippen LogP contribution in [-0.2, 0) is 10.9 Å². The van der Waals surface area contributed by atoms with Crippen LogP contribution in [0.4, 0.5) is 13.2 Å². The van der Waals surface area contributed by atoms with Crippen molar-refractivity contribution in [2.45, 2.75) is 45.7 Å². The second kappa shape index (κ2) is 10.4. The SMILES string of the molecule is Cc1ccccn1.Cc1nc2cc(C3CCOCC3)nc(-c3ccc(C(F)(F)F)nc3)c2nc1C. The third-order valence-corrected chi connectivity index (χ3v) is 5.86. The van der Waals surface area contributed by atoms with Crippen molar-refractivity contribution in [2.24, 2.45) is 0 Å². The third kappa shape index (κ3) is 5.97. The largest absolute Gasteiger partial charge is 0.433 e. The average molecular weight is 482 g/mol. The van der Waals surface area contributed by atoms with Crippen LogP contribution in [0.15, 0.2) is 48.8 Å². The van der Waals surface area contributed by atoms with Crippen molar-refractivity contribution in [2.75, 3.05) is 13.2 Å².